The first-order chi connectivity index (χ1) is 9.69. The summed E-state index contributed by atoms with van der Waals surface area (Å²) in [7, 11) is 4.91. The van der Waals surface area contributed by atoms with Crippen molar-refractivity contribution < 1.29 is 9.53 Å². The zero-order valence-electron chi connectivity index (χ0n) is 12.1. The number of methoxy groups -OCH3 is 1. The van der Waals surface area contributed by atoms with Crippen LogP contribution in [0.2, 0.25) is 0 Å². The van der Waals surface area contributed by atoms with Gasteiger partial charge in [0.15, 0.2) is 5.96 Å². The Morgan fingerprint density at radius 1 is 1.50 bits per heavy atom. The van der Waals surface area contributed by atoms with Crippen LogP contribution in [-0.4, -0.2) is 38.1 Å². The van der Waals surface area contributed by atoms with Crippen molar-refractivity contribution in [3.05, 3.63) is 29.1 Å². The number of ether oxygens (including phenoxy) is 1. The van der Waals surface area contributed by atoms with Gasteiger partial charge in [0.2, 0.25) is 0 Å². The van der Waals surface area contributed by atoms with Crippen molar-refractivity contribution >= 4 is 11.9 Å². The Bertz CT molecular complexity index is 524. The average molecular weight is 276 g/mol. The summed E-state index contributed by atoms with van der Waals surface area (Å²) in [5.74, 6) is 0.787. The van der Waals surface area contributed by atoms with Crippen LogP contribution in [0.5, 0.6) is 0 Å². The molecule has 0 aliphatic heterocycles. The SMILES string of the molecule is CN=C(NC)NCc1ccc(C(=O)OC)c(C2CC2)n1. The second-order valence-electron chi connectivity index (χ2n) is 4.68. The smallest absolute Gasteiger partial charge is 0.339 e. The Morgan fingerprint density at radius 2 is 2.25 bits per heavy atom. The van der Waals surface area contributed by atoms with Crippen LogP contribution in [0.4, 0.5) is 0 Å². The summed E-state index contributed by atoms with van der Waals surface area (Å²) < 4.78 is 4.80. The van der Waals surface area contributed by atoms with Gasteiger partial charge in [0.1, 0.15) is 0 Å². The maximum atomic E-state index is 11.7. The standard InChI is InChI=1S/C14H20N4O2/c1-15-14(16-2)17-8-10-6-7-11(13(19)20-3)12(18-10)9-4-5-9/h6-7,9H,4-5,8H2,1-3H3,(H2,15,16,17). The van der Waals surface area contributed by atoms with Crippen molar-refractivity contribution in [2.24, 2.45) is 4.99 Å². The van der Waals surface area contributed by atoms with Crippen molar-refractivity contribution in [3.63, 3.8) is 0 Å². The molecule has 20 heavy (non-hydrogen) atoms. The molecule has 2 N–H and O–H groups in total. The molecule has 1 aromatic heterocycles. The number of guanidine groups is 1. The minimum Gasteiger partial charge on any atom is -0.465 e. The van der Waals surface area contributed by atoms with Gasteiger partial charge in [-0.2, -0.15) is 0 Å². The molecule has 0 saturated heterocycles. The number of esters is 1. The molecule has 1 aliphatic carbocycles. The molecule has 1 aliphatic rings. The summed E-state index contributed by atoms with van der Waals surface area (Å²) in [5, 5.41) is 6.09. The first-order valence-corrected chi connectivity index (χ1v) is 6.66. The van der Waals surface area contributed by atoms with Gasteiger partial charge in [0, 0.05) is 20.0 Å². The predicted molar refractivity (Wildman–Crippen MR) is 76.8 cm³/mol. The van der Waals surface area contributed by atoms with Crippen LogP contribution in [0.25, 0.3) is 0 Å². The van der Waals surface area contributed by atoms with Gasteiger partial charge in [-0.25, -0.2) is 4.79 Å². The van der Waals surface area contributed by atoms with Gasteiger partial charge in [0.25, 0.3) is 0 Å². The van der Waals surface area contributed by atoms with E-state index in [-0.39, 0.29) is 5.97 Å². The quantitative estimate of drug-likeness (QED) is 0.488. The fourth-order valence-electron chi connectivity index (χ4n) is 2.02. The van der Waals surface area contributed by atoms with Gasteiger partial charge in [-0.15, -0.1) is 0 Å². The number of aromatic nitrogens is 1. The van der Waals surface area contributed by atoms with E-state index in [4.69, 9.17) is 4.74 Å². The highest BCUT2D eigenvalue weighted by Crippen LogP contribution is 2.40. The van der Waals surface area contributed by atoms with Crippen molar-refractivity contribution in [2.45, 2.75) is 25.3 Å². The van der Waals surface area contributed by atoms with E-state index < -0.39 is 0 Å². The molecule has 1 heterocycles. The Morgan fingerprint density at radius 3 is 2.80 bits per heavy atom. The molecule has 108 valence electrons. The Hall–Kier alpha value is -2.11. The first kappa shape index (κ1) is 14.3. The van der Waals surface area contributed by atoms with E-state index in [0.29, 0.717) is 24.0 Å². The highest BCUT2D eigenvalue weighted by molar-refractivity contribution is 5.90. The molecule has 0 spiro atoms. The van der Waals surface area contributed by atoms with Crippen molar-refractivity contribution in [1.82, 2.24) is 15.6 Å². The summed E-state index contributed by atoms with van der Waals surface area (Å²) in [6.07, 6.45) is 2.18. The largest absolute Gasteiger partial charge is 0.465 e. The molecule has 2 rings (SSSR count). The van der Waals surface area contributed by atoms with Gasteiger partial charge < -0.3 is 15.4 Å². The number of nitrogens with zero attached hydrogens (tertiary/aromatic N) is 2. The molecule has 0 radical (unpaired) electrons. The number of hydrogen-bond acceptors (Lipinski definition) is 4. The summed E-state index contributed by atoms with van der Waals surface area (Å²) >= 11 is 0. The van der Waals surface area contributed by atoms with E-state index >= 15 is 0 Å². The zero-order chi connectivity index (χ0) is 14.5. The fraction of sp³-hybridized carbons (Fsp3) is 0.500. The van der Waals surface area contributed by atoms with E-state index in [1.807, 2.05) is 6.07 Å². The number of nitrogens with one attached hydrogen (secondary N) is 2. The van der Waals surface area contributed by atoms with Gasteiger partial charge in [0.05, 0.1) is 30.6 Å². The Kier molecular flexibility index (Phi) is 4.55. The minimum atomic E-state index is -0.315. The topological polar surface area (TPSA) is 75.6 Å². The van der Waals surface area contributed by atoms with E-state index in [0.717, 1.165) is 24.2 Å². The molecule has 0 unspecified atom stereocenters. The number of pyridine rings is 1. The molecular formula is C14H20N4O2. The van der Waals surface area contributed by atoms with Crippen LogP contribution in [0.3, 0.4) is 0 Å². The predicted octanol–water partition coefficient (Wildman–Crippen LogP) is 1.04. The molecule has 0 aromatic carbocycles. The lowest BCUT2D eigenvalue weighted by atomic mass is 10.1. The van der Waals surface area contributed by atoms with Crippen LogP contribution >= 0.6 is 0 Å². The minimum absolute atomic E-state index is 0.315. The third kappa shape index (κ3) is 3.26. The van der Waals surface area contributed by atoms with E-state index in [2.05, 4.69) is 20.6 Å². The lowest BCUT2D eigenvalue weighted by molar-refractivity contribution is 0.0598. The summed E-state index contributed by atoms with van der Waals surface area (Å²) in [4.78, 5) is 20.4. The second-order valence-corrected chi connectivity index (χ2v) is 4.68. The van der Waals surface area contributed by atoms with Crippen LogP contribution in [0.1, 0.15) is 40.5 Å². The molecule has 1 fully saturated rings. The van der Waals surface area contributed by atoms with Gasteiger partial charge in [-0.3, -0.25) is 9.98 Å². The maximum Gasteiger partial charge on any atom is 0.339 e. The van der Waals surface area contributed by atoms with Crippen LogP contribution in [-0.2, 0) is 11.3 Å². The number of carbonyl (C=O) groups excluding carboxylic acids is 1. The molecule has 0 amide bonds. The fourth-order valence-corrected chi connectivity index (χ4v) is 2.02. The molecule has 6 nitrogen and oxygen atoms in total. The lowest BCUT2D eigenvalue weighted by Gasteiger charge is -2.11. The highest BCUT2D eigenvalue weighted by atomic mass is 16.5. The van der Waals surface area contributed by atoms with Gasteiger partial charge >= 0.3 is 5.97 Å². The monoisotopic (exact) mass is 276 g/mol. The number of carbonyl (C=O) groups is 1. The second kappa shape index (κ2) is 6.36. The maximum absolute atomic E-state index is 11.7. The van der Waals surface area contributed by atoms with Gasteiger partial charge in [-0.1, -0.05) is 0 Å². The van der Waals surface area contributed by atoms with E-state index in [1.54, 1.807) is 20.2 Å². The van der Waals surface area contributed by atoms with E-state index in [1.165, 1.54) is 7.11 Å². The third-order valence-electron chi connectivity index (χ3n) is 3.25. The van der Waals surface area contributed by atoms with Crippen molar-refractivity contribution in [1.29, 1.82) is 0 Å². The summed E-state index contributed by atoms with van der Waals surface area (Å²) in [6, 6.07) is 3.64. The van der Waals surface area contributed by atoms with E-state index in [9.17, 15) is 4.79 Å². The molecule has 6 heteroatoms. The molecule has 1 aromatic rings. The highest BCUT2D eigenvalue weighted by Gasteiger charge is 2.30. The van der Waals surface area contributed by atoms with Crippen molar-refractivity contribution in [2.75, 3.05) is 21.2 Å². The molecule has 0 atom stereocenters. The van der Waals surface area contributed by atoms with Crippen LogP contribution in [0, 0.1) is 0 Å². The average Bonchev–Trinajstić information content (AvgIpc) is 3.32. The van der Waals surface area contributed by atoms with Crippen LogP contribution in [0.15, 0.2) is 17.1 Å². The first-order valence-electron chi connectivity index (χ1n) is 6.66. The Balaban J connectivity index is 2.16. The molecule has 0 bridgehead atoms. The zero-order valence-corrected chi connectivity index (χ0v) is 12.1. The third-order valence-corrected chi connectivity index (χ3v) is 3.25. The van der Waals surface area contributed by atoms with Crippen molar-refractivity contribution in [3.8, 4) is 0 Å². The van der Waals surface area contributed by atoms with Crippen LogP contribution < -0.4 is 10.6 Å². The number of aliphatic imine (C=N–C) groups is 1. The molecular weight excluding hydrogens is 256 g/mol. The Labute approximate surface area is 118 Å². The molecule has 1 saturated carbocycles. The normalized spacial score (nSPS) is 14.8. The number of rotatable bonds is 4. The summed E-state index contributed by atoms with van der Waals surface area (Å²) in [5.41, 5.74) is 2.32. The summed E-state index contributed by atoms with van der Waals surface area (Å²) in [6.45, 7) is 0.564. The van der Waals surface area contributed by atoms with Gasteiger partial charge in [-0.05, 0) is 25.0 Å². The lowest BCUT2D eigenvalue weighted by Crippen LogP contribution is -2.34. The number of hydrogen-bond donors (Lipinski definition) is 2.